The van der Waals surface area contributed by atoms with Crippen molar-refractivity contribution in [3.05, 3.63) is 23.8 Å². The van der Waals surface area contributed by atoms with Crippen molar-refractivity contribution >= 4 is 11.8 Å². The highest BCUT2D eigenvalue weighted by Gasteiger charge is 2.18. The Morgan fingerprint density at radius 3 is 2.32 bits per heavy atom. The Morgan fingerprint density at radius 1 is 1.00 bits per heavy atom. The van der Waals surface area contributed by atoms with E-state index in [1.165, 1.54) is 51.0 Å². The highest BCUT2D eigenvalue weighted by molar-refractivity contribution is 6.16. The molecule has 0 saturated heterocycles. The van der Waals surface area contributed by atoms with Crippen LogP contribution < -0.4 is 5.32 Å². The van der Waals surface area contributed by atoms with Gasteiger partial charge in [0.2, 0.25) is 0 Å². The summed E-state index contributed by atoms with van der Waals surface area (Å²) in [6.07, 6.45) is 16.3. The van der Waals surface area contributed by atoms with Gasteiger partial charge in [0, 0.05) is 11.6 Å². The lowest BCUT2D eigenvalue weighted by atomic mass is 10.1. The summed E-state index contributed by atoms with van der Waals surface area (Å²) in [4.78, 5) is 22.2. The van der Waals surface area contributed by atoms with Crippen molar-refractivity contribution < 1.29 is 9.59 Å². The summed E-state index contributed by atoms with van der Waals surface area (Å²) in [5.74, 6) is -0.536. The summed E-state index contributed by atoms with van der Waals surface area (Å²) >= 11 is 0. The molecule has 106 valence electrons. The number of nitrogens with one attached hydrogen (secondary N) is 1. The molecule has 0 aromatic carbocycles. The molecular formula is C16H25NO2. The summed E-state index contributed by atoms with van der Waals surface area (Å²) in [6, 6.07) is 0. The topological polar surface area (TPSA) is 46.2 Å². The number of imide groups is 1. The SMILES string of the molecule is CCCCCCCCCC=CCC1=CC(=O)NC1=O. The number of amides is 2. The van der Waals surface area contributed by atoms with Gasteiger partial charge in [0.15, 0.2) is 0 Å². The van der Waals surface area contributed by atoms with E-state index < -0.39 is 0 Å². The van der Waals surface area contributed by atoms with E-state index in [9.17, 15) is 9.59 Å². The van der Waals surface area contributed by atoms with Crippen molar-refractivity contribution in [2.45, 2.75) is 64.7 Å². The van der Waals surface area contributed by atoms with Crippen LogP contribution in [0.5, 0.6) is 0 Å². The van der Waals surface area contributed by atoms with Gasteiger partial charge in [-0.1, -0.05) is 57.6 Å². The summed E-state index contributed by atoms with van der Waals surface area (Å²) in [6.45, 7) is 2.23. The Balaban J connectivity index is 1.98. The lowest BCUT2D eigenvalue weighted by Gasteiger charge is -1.99. The normalized spacial score (nSPS) is 15.1. The molecule has 19 heavy (non-hydrogen) atoms. The fourth-order valence-electron chi connectivity index (χ4n) is 2.15. The van der Waals surface area contributed by atoms with Crippen LogP contribution in [0.3, 0.4) is 0 Å². The van der Waals surface area contributed by atoms with Crippen molar-refractivity contribution in [1.29, 1.82) is 0 Å². The highest BCUT2D eigenvalue weighted by Crippen LogP contribution is 2.11. The second-order valence-corrected chi connectivity index (χ2v) is 5.07. The Labute approximate surface area is 116 Å². The molecule has 0 radical (unpaired) electrons. The van der Waals surface area contributed by atoms with Crippen molar-refractivity contribution in [2.75, 3.05) is 0 Å². The molecule has 1 aliphatic rings. The Morgan fingerprint density at radius 2 is 1.68 bits per heavy atom. The van der Waals surface area contributed by atoms with Gasteiger partial charge in [-0.05, 0) is 19.3 Å². The van der Waals surface area contributed by atoms with Gasteiger partial charge in [-0.15, -0.1) is 0 Å². The van der Waals surface area contributed by atoms with Crippen LogP contribution in [-0.2, 0) is 9.59 Å². The molecule has 1 heterocycles. The molecule has 2 amide bonds. The zero-order valence-electron chi connectivity index (χ0n) is 11.9. The average molecular weight is 263 g/mol. The van der Waals surface area contributed by atoms with E-state index in [0.29, 0.717) is 12.0 Å². The number of hydrogen-bond donors (Lipinski definition) is 1. The number of carbonyl (C=O) groups is 2. The van der Waals surface area contributed by atoms with E-state index >= 15 is 0 Å². The molecule has 0 spiro atoms. The summed E-state index contributed by atoms with van der Waals surface area (Å²) in [7, 11) is 0. The summed E-state index contributed by atoms with van der Waals surface area (Å²) < 4.78 is 0. The lowest BCUT2D eigenvalue weighted by molar-refractivity contribution is -0.123. The number of unbranched alkanes of at least 4 members (excludes halogenated alkanes) is 7. The molecule has 0 aromatic heterocycles. The van der Waals surface area contributed by atoms with Gasteiger partial charge >= 0.3 is 0 Å². The second-order valence-electron chi connectivity index (χ2n) is 5.07. The summed E-state index contributed by atoms with van der Waals surface area (Å²) in [5, 5.41) is 2.25. The van der Waals surface area contributed by atoms with E-state index in [1.54, 1.807) is 0 Å². The van der Waals surface area contributed by atoms with Crippen molar-refractivity contribution in [1.82, 2.24) is 5.32 Å². The fourth-order valence-corrected chi connectivity index (χ4v) is 2.15. The van der Waals surface area contributed by atoms with Crippen molar-refractivity contribution in [3.63, 3.8) is 0 Å². The van der Waals surface area contributed by atoms with Gasteiger partial charge < -0.3 is 0 Å². The van der Waals surface area contributed by atoms with E-state index in [4.69, 9.17) is 0 Å². The molecule has 1 N–H and O–H groups in total. The van der Waals surface area contributed by atoms with Crippen LogP contribution in [0.2, 0.25) is 0 Å². The molecule has 0 atom stereocenters. The number of rotatable bonds is 10. The third-order valence-electron chi connectivity index (χ3n) is 3.31. The van der Waals surface area contributed by atoms with E-state index in [-0.39, 0.29) is 11.8 Å². The maximum atomic E-state index is 11.2. The molecule has 1 rings (SSSR count). The van der Waals surface area contributed by atoms with E-state index in [0.717, 1.165) is 6.42 Å². The van der Waals surface area contributed by atoms with E-state index in [1.807, 2.05) is 6.08 Å². The average Bonchev–Trinajstić information content (AvgIpc) is 2.70. The van der Waals surface area contributed by atoms with Crippen LogP contribution in [-0.4, -0.2) is 11.8 Å². The maximum Gasteiger partial charge on any atom is 0.254 e. The zero-order valence-corrected chi connectivity index (χ0v) is 11.9. The molecule has 0 unspecified atom stereocenters. The van der Waals surface area contributed by atoms with Gasteiger partial charge in [0.1, 0.15) is 0 Å². The smallest absolute Gasteiger partial charge is 0.254 e. The Hall–Kier alpha value is -1.38. The largest absolute Gasteiger partial charge is 0.289 e. The second kappa shape index (κ2) is 9.54. The van der Waals surface area contributed by atoms with Crippen molar-refractivity contribution in [2.24, 2.45) is 0 Å². The predicted molar refractivity (Wildman–Crippen MR) is 77.6 cm³/mol. The molecule has 0 saturated carbocycles. The molecule has 0 bridgehead atoms. The monoisotopic (exact) mass is 263 g/mol. The number of allylic oxidation sites excluding steroid dienone is 2. The van der Waals surface area contributed by atoms with Gasteiger partial charge in [0.05, 0.1) is 0 Å². The van der Waals surface area contributed by atoms with E-state index in [2.05, 4.69) is 18.3 Å². The fraction of sp³-hybridized carbons (Fsp3) is 0.625. The van der Waals surface area contributed by atoms with Gasteiger partial charge in [-0.3, -0.25) is 14.9 Å². The van der Waals surface area contributed by atoms with Crippen LogP contribution in [0, 0.1) is 0 Å². The van der Waals surface area contributed by atoms with Gasteiger partial charge in [0.25, 0.3) is 11.8 Å². The minimum absolute atomic E-state index is 0.245. The zero-order chi connectivity index (χ0) is 13.9. The maximum absolute atomic E-state index is 11.2. The van der Waals surface area contributed by atoms with Crippen LogP contribution in [0.15, 0.2) is 23.8 Å². The molecule has 0 aromatic rings. The first-order valence-corrected chi connectivity index (χ1v) is 7.45. The standard InChI is InChI=1S/C16H25NO2/c1-2-3-4-5-6-7-8-9-10-11-12-14-13-15(18)17-16(14)19/h10-11,13H,2-9,12H2,1H3,(H,17,18,19). The highest BCUT2D eigenvalue weighted by atomic mass is 16.2. The molecular weight excluding hydrogens is 238 g/mol. The van der Waals surface area contributed by atoms with Gasteiger partial charge in [-0.25, -0.2) is 0 Å². The first-order chi connectivity index (χ1) is 9.24. The van der Waals surface area contributed by atoms with Crippen LogP contribution in [0.25, 0.3) is 0 Å². The number of carbonyl (C=O) groups excluding carboxylic acids is 2. The molecule has 0 aliphatic carbocycles. The Bertz CT molecular complexity index is 356. The first-order valence-electron chi connectivity index (χ1n) is 7.45. The predicted octanol–water partition coefficient (Wildman–Crippen LogP) is 3.66. The minimum atomic E-state index is -0.291. The third kappa shape index (κ3) is 6.94. The van der Waals surface area contributed by atoms with Crippen LogP contribution in [0.1, 0.15) is 64.7 Å². The molecule has 3 heteroatoms. The quantitative estimate of drug-likeness (QED) is 0.371. The van der Waals surface area contributed by atoms with Gasteiger partial charge in [-0.2, -0.15) is 0 Å². The molecule has 3 nitrogen and oxygen atoms in total. The summed E-state index contributed by atoms with van der Waals surface area (Å²) in [5.41, 5.74) is 0.570. The third-order valence-corrected chi connectivity index (χ3v) is 3.31. The Kier molecular flexibility index (Phi) is 7.87. The minimum Gasteiger partial charge on any atom is -0.289 e. The number of hydrogen-bond acceptors (Lipinski definition) is 2. The molecule has 1 aliphatic heterocycles. The van der Waals surface area contributed by atoms with Crippen LogP contribution in [0.4, 0.5) is 0 Å². The first kappa shape index (κ1) is 15.7. The van der Waals surface area contributed by atoms with Crippen LogP contribution >= 0.6 is 0 Å². The molecule has 0 fully saturated rings. The van der Waals surface area contributed by atoms with Crippen molar-refractivity contribution in [3.8, 4) is 0 Å². The lowest BCUT2D eigenvalue weighted by Crippen LogP contribution is -2.21.